The third-order valence-electron chi connectivity index (χ3n) is 10.7. The SMILES string of the molecule is COc1ccc2c(c1OC)c([NH+]=c1c3c(OC)c(OC)ccc3c3ccc4cc5c(cc4c3n1C)OCO5)[n+](C)c1c3cc4c(cc3ccc21)OCO4. The van der Waals surface area contributed by atoms with Crippen LogP contribution >= 0.6 is 0 Å². The molecule has 0 spiro atoms. The third kappa shape index (κ3) is 4.27. The molecule has 10 rings (SSSR count). The number of rotatable bonds is 5. The first-order valence-electron chi connectivity index (χ1n) is 17.2. The van der Waals surface area contributed by atoms with Gasteiger partial charge in [-0.05, 0) is 71.4 Å². The molecule has 2 aromatic heterocycles. The molecular weight excluding hydrogens is 674 g/mol. The first-order chi connectivity index (χ1) is 25.9. The summed E-state index contributed by atoms with van der Waals surface area (Å²) in [5.74, 6) is 6.09. The summed E-state index contributed by atoms with van der Waals surface area (Å²) in [6.07, 6.45) is 0. The fourth-order valence-corrected chi connectivity index (χ4v) is 8.29. The molecular formula is C42H35N3O8+2. The lowest BCUT2D eigenvalue weighted by atomic mass is 9.99. The molecule has 6 aromatic carbocycles. The number of hydrogen-bond acceptors (Lipinski definition) is 8. The van der Waals surface area contributed by atoms with Crippen LogP contribution in [0.5, 0.6) is 46.0 Å². The van der Waals surface area contributed by atoms with Crippen LogP contribution in [-0.4, -0.2) is 46.6 Å². The maximum atomic E-state index is 6.16. The lowest BCUT2D eigenvalue weighted by molar-refractivity contribution is -0.698. The van der Waals surface area contributed by atoms with Crippen molar-refractivity contribution in [1.29, 1.82) is 0 Å². The number of aromatic nitrogens is 2. The Morgan fingerprint density at radius 3 is 1.68 bits per heavy atom. The van der Waals surface area contributed by atoms with E-state index in [0.717, 1.165) is 87.7 Å². The predicted octanol–water partition coefficient (Wildman–Crippen LogP) is 5.57. The standard InChI is InChI=1S/C42H34N3O8/c1-44-37-25(9-7-21-15-31-33(17-27(21)37)52-19-50-31)23-11-13-29(46-3)39(48-5)35(23)41(44)43-42-36-24(12-14-30(47-4)40(36)49-6)26-10-8-22-16-32-34(53-20-51-32)18-28(22)38(26)45(42)2/h7-18H,19-20H2,1-6H3/q+1/p+1. The Kier molecular flexibility index (Phi) is 6.72. The minimum atomic E-state index is 0.190. The van der Waals surface area contributed by atoms with E-state index in [1.165, 1.54) is 0 Å². The zero-order chi connectivity index (χ0) is 36.1. The second-order valence-electron chi connectivity index (χ2n) is 13.2. The third-order valence-corrected chi connectivity index (χ3v) is 10.7. The normalized spacial score (nSPS) is 13.7. The highest BCUT2D eigenvalue weighted by molar-refractivity contribution is 6.18. The summed E-state index contributed by atoms with van der Waals surface area (Å²) in [6, 6.07) is 24.8. The Bertz CT molecular complexity index is 2990. The van der Waals surface area contributed by atoms with E-state index in [-0.39, 0.29) is 13.6 Å². The van der Waals surface area contributed by atoms with Gasteiger partial charge < -0.3 is 37.9 Å². The molecule has 1 N–H and O–H groups in total. The van der Waals surface area contributed by atoms with E-state index in [1.807, 2.05) is 24.3 Å². The van der Waals surface area contributed by atoms with Gasteiger partial charge in [-0.15, -0.1) is 0 Å². The average molecular weight is 710 g/mol. The molecule has 0 atom stereocenters. The lowest BCUT2D eigenvalue weighted by Gasteiger charge is -2.15. The van der Waals surface area contributed by atoms with Crippen LogP contribution in [0.15, 0.2) is 72.8 Å². The van der Waals surface area contributed by atoms with Crippen molar-refractivity contribution >= 4 is 70.7 Å². The van der Waals surface area contributed by atoms with Crippen LogP contribution in [0, 0.1) is 0 Å². The Labute approximate surface area is 302 Å². The smallest absolute Gasteiger partial charge is 0.350 e. The van der Waals surface area contributed by atoms with Crippen LogP contribution in [0.2, 0.25) is 0 Å². The van der Waals surface area contributed by atoms with Crippen molar-refractivity contribution in [3.05, 3.63) is 78.3 Å². The number of aryl methyl sites for hydroxylation is 2. The summed E-state index contributed by atoms with van der Waals surface area (Å²) in [4.78, 5) is 3.94. The number of benzene rings is 6. The van der Waals surface area contributed by atoms with Crippen molar-refractivity contribution in [2.45, 2.75) is 0 Å². The minimum absolute atomic E-state index is 0.190. The number of ether oxygens (including phenoxy) is 8. The Hall–Kier alpha value is -6.62. The number of pyridine rings is 2. The van der Waals surface area contributed by atoms with E-state index < -0.39 is 0 Å². The van der Waals surface area contributed by atoms with Crippen molar-refractivity contribution in [3.63, 3.8) is 0 Å². The van der Waals surface area contributed by atoms with Crippen molar-refractivity contribution in [1.82, 2.24) is 4.57 Å². The molecule has 0 amide bonds. The van der Waals surface area contributed by atoms with Crippen LogP contribution < -0.4 is 52.9 Å². The number of fused-ring (bicyclic) bond motifs is 12. The molecule has 11 heteroatoms. The van der Waals surface area contributed by atoms with Crippen molar-refractivity contribution in [2.75, 3.05) is 42.0 Å². The van der Waals surface area contributed by atoms with Crippen LogP contribution in [0.25, 0.3) is 64.9 Å². The molecule has 2 aliphatic rings. The van der Waals surface area contributed by atoms with Gasteiger partial charge in [0.15, 0.2) is 57.0 Å². The van der Waals surface area contributed by atoms with E-state index >= 15 is 0 Å². The maximum absolute atomic E-state index is 6.16. The second-order valence-corrected chi connectivity index (χ2v) is 13.2. The average Bonchev–Trinajstić information content (AvgIpc) is 3.85. The van der Waals surface area contributed by atoms with Crippen LogP contribution in [0.4, 0.5) is 5.82 Å². The zero-order valence-corrected chi connectivity index (χ0v) is 30.0. The highest BCUT2D eigenvalue weighted by atomic mass is 16.7. The summed E-state index contributed by atoms with van der Waals surface area (Å²) in [7, 11) is 10.8. The van der Waals surface area contributed by atoms with Gasteiger partial charge in [-0.2, -0.15) is 14.1 Å². The van der Waals surface area contributed by atoms with Crippen LogP contribution in [0.3, 0.4) is 0 Å². The van der Waals surface area contributed by atoms with Gasteiger partial charge in [0.2, 0.25) is 13.6 Å². The first-order valence-corrected chi connectivity index (χ1v) is 17.2. The molecule has 0 radical (unpaired) electrons. The molecule has 0 aliphatic carbocycles. The van der Waals surface area contributed by atoms with E-state index in [4.69, 9.17) is 37.9 Å². The van der Waals surface area contributed by atoms with Crippen molar-refractivity contribution < 1.29 is 47.5 Å². The van der Waals surface area contributed by atoms with Gasteiger partial charge in [-0.3, -0.25) is 0 Å². The monoisotopic (exact) mass is 709 g/mol. The molecule has 0 saturated carbocycles. The molecule has 8 aromatic rings. The van der Waals surface area contributed by atoms with E-state index in [2.05, 4.69) is 76.8 Å². The Morgan fingerprint density at radius 2 is 1.08 bits per heavy atom. The first kappa shape index (κ1) is 31.1. The Morgan fingerprint density at radius 1 is 0.566 bits per heavy atom. The molecule has 0 unspecified atom stereocenters. The number of hydrogen-bond donors (Lipinski definition) is 1. The fourth-order valence-electron chi connectivity index (χ4n) is 8.29. The zero-order valence-electron chi connectivity index (χ0n) is 30.0. The summed E-state index contributed by atoms with van der Waals surface area (Å²) in [6.45, 7) is 0.381. The number of methoxy groups -OCH3 is 4. The van der Waals surface area contributed by atoms with Gasteiger partial charge in [0.25, 0.3) is 0 Å². The number of nitrogens with one attached hydrogen (secondary N) is 1. The molecule has 264 valence electrons. The highest BCUT2D eigenvalue weighted by Crippen LogP contribution is 2.44. The van der Waals surface area contributed by atoms with Crippen LogP contribution in [0.1, 0.15) is 0 Å². The van der Waals surface area contributed by atoms with Gasteiger partial charge in [0.05, 0.1) is 28.4 Å². The minimum Gasteiger partial charge on any atom is -0.493 e. The van der Waals surface area contributed by atoms with Gasteiger partial charge in [-0.25, -0.2) is 0 Å². The molecule has 11 nitrogen and oxygen atoms in total. The van der Waals surface area contributed by atoms with E-state index in [0.29, 0.717) is 34.5 Å². The highest BCUT2D eigenvalue weighted by Gasteiger charge is 2.30. The number of nitrogens with zero attached hydrogens (tertiary/aromatic N) is 2. The molecule has 53 heavy (non-hydrogen) atoms. The van der Waals surface area contributed by atoms with Crippen LogP contribution in [-0.2, 0) is 14.1 Å². The van der Waals surface area contributed by atoms with E-state index in [1.54, 1.807) is 28.4 Å². The fraction of sp³-hybridized carbons (Fsp3) is 0.190. The van der Waals surface area contributed by atoms with E-state index in [9.17, 15) is 0 Å². The lowest BCUT2D eigenvalue weighted by Crippen LogP contribution is -2.77. The maximum Gasteiger partial charge on any atom is 0.350 e. The van der Waals surface area contributed by atoms with Crippen molar-refractivity contribution in [3.8, 4) is 46.0 Å². The summed E-state index contributed by atoms with van der Waals surface area (Å²) < 4.78 is 51.6. The molecule has 4 heterocycles. The second kappa shape index (κ2) is 11.4. The van der Waals surface area contributed by atoms with Gasteiger partial charge in [-0.1, -0.05) is 12.1 Å². The van der Waals surface area contributed by atoms with Crippen molar-refractivity contribution in [2.24, 2.45) is 14.1 Å². The van der Waals surface area contributed by atoms with Gasteiger partial charge in [0.1, 0.15) is 24.9 Å². The summed E-state index contributed by atoms with van der Waals surface area (Å²) in [5, 5.41) is 9.82. The van der Waals surface area contributed by atoms with Gasteiger partial charge in [0, 0.05) is 32.3 Å². The topological polar surface area (TPSA) is 96.6 Å². The van der Waals surface area contributed by atoms with Gasteiger partial charge >= 0.3 is 11.3 Å². The molecule has 0 saturated heterocycles. The molecule has 0 bridgehead atoms. The molecule has 2 aliphatic heterocycles. The summed E-state index contributed by atoms with van der Waals surface area (Å²) in [5.41, 5.74) is 2.77. The molecule has 0 fully saturated rings. The predicted molar refractivity (Wildman–Crippen MR) is 200 cm³/mol. The summed E-state index contributed by atoms with van der Waals surface area (Å²) >= 11 is 0. The quantitative estimate of drug-likeness (QED) is 0.183. The Balaban J connectivity index is 1.45. The largest absolute Gasteiger partial charge is 0.493 e.